The topological polar surface area (TPSA) is 34.1 Å². The predicted molar refractivity (Wildman–Crippen MR) is 117 cm³/mol. The van der Waals surface area contributed by atoms with Crippen LogP contribution in [0.25, 0.3) is 0 Å². The van der Waals surface area contributed by atoms with E-state index in [1.807, 2.05) is 18.2 Å². The van der Waals surface area contributed by atoms with Crippen molar-refractivity contribution in [2.75, 3.05) is 59.9 Å². The van der Waals surface area contributed by atoms with Gasteiger partial charge in [0.1, 0.15) is 0 Å². The zero-order valence-electron chi connectivity index (χ0n) is 17.0. The summed E-state index contributed by atoms with van der Waals surface area (Å²) in [6, 6.07) is 5.76. The monoisotopic (exact) mass is 413 g/mol. The Bertz CT molecular complexity index is 614. The lowest BCUT2D eigenvalue weighted by Crippen LogP contribution is -2.46. The summed E-state index contributed by atoms with van der Waals surface area (Å²) in [6.45, 7) is 12.5. The SMILES string of the molecule is CCNC(=NCC(C)CN1CCN(C)CC1)N(C)Cc1ccc(Cl)c(Cl)c1. The van der Waals surface area contributed by atoms with E-state index in [4.69, 9.17) is 28.2 Å². The van der Waals surface area contributed by atoms with E-state index in [0.29, 0.717) is 16.0 Å². The quantitative estimate of drug-likeness (QED) is 0.549. The molecule has 1 unspecified atom stereocenters. The van der Waals surface area contributed by atoms with E-state index in [1.165, 1.54) is 0 Å². The van der Waals surface area contributed by atoms with Crippen molar-refractivity contribution in [2.24, 2.45) is 10.9 Å². The molecule has 1 aromatic carbocycles. The average Bonchev–Trinajstić information content (AvgIpc) is 2.63. The van der Waals surface area contributed by atoms with Gasteiger partial charge in [0.25, 0.3) is 0 Å². The molecule has 5 nitrogen and oxygen atoms in total. The minimum atomic E-state index is 0.528. The number of rotatable bonds is 7. The maximum absolute atomic E-state index is 6.14. The van der Waals surface area contributed by atoms with E-state index in [2.05, 4.69) is 48.0 Å². The number of halogens is 2. The highest BCUT2D eigenvalue weighted by Crippen LogP contribution is 2.23. The van der Waals surface area contributed by atoms with E-state index in [9.17, 15) is 0 Å². The Morgan fingerprint density at radius 1 is 1.22 bits per heavy atom. The number of hydrogen-bond donors (Lipinski definition) is 1. The summed E-state index contributed by atoms with van der Waals surface area (Å²) in [6.07, 6.45) is 0. The van der Waals surface area contributed by atoms with Gasteiger partial charge in [0, 0.05) is 59.4 Å². The van der Waals surface area contributed by atoms with Crippen molar-refractivity contribution in [3.63, 3.8) is 0 Å². The minimum absolute atomic E-state index is 0.528. The number of benzene rings is 1. The summed E-state index contributed by atoms with van der Waals surface area (Å²) in [5, 5.41) is 4.56. The molecule has 1 fully saturated rings. The van der Waals surface area contributed by atoms with Crippen molar-refractivity contribution >= 4 is 29.2 Å². The van der Waals surface area contributed by atoms with Crippen LogP contribution in [0.4, 0.5) is 0 Å². The van der Waals surface area contributed by atoms with Crippen molar-refractivity contribution in [2.45, 2.75) is 20.4 Å². The molecule has 0 aliphatic carbocycles. The largest absolute Gasteiger partial charge is 0.357 e. The predicted octanol–water partition coefficient (Wildman–Crippen LogP) is 3.27. The van der Waals surface area contributed by atoms with Gasteiger partial charge in [-0.25, -0.2) is 0 Å². The lowest BCUT2D eigenvalue weighted by atomic mass is 10.1. The molecule has 152 valence electrons. The van der Waals surface area contributed by atoms with Crippen LogP contribution >= 0.6 is 23.2 Å². The number of nitrogens with zero attached hydrogens (tertiary/aromatic N) is 4. The Morgan fingerprint density at radius 3 is 2.56 bits per heavy atom. The Kier molecular flexibility index (Phi) is 9.16. The highest BCUT2D eigenvalue weighted by Gasteiger charge is 2.16. The summed E-state index contributed by atoms with van der Waals surface area (Å²) in [4.78, 5) is 11.9. The number of piperazine rings is 1. The first kappa shape index (κ1) is 22.3. The molecule has 0 bridgehead atoms. The summed E-state index contributed by atoms with van der Waals surface area (Å²) >= 11 is 12.2. The third-order valence-corrected chi connectivity index (χ3v) is 5.56. The molecule has 0 aromatic heterocycles. The van der Waals surface area contributed by atoms with Crippen molar-refractivity contribution in [3.8, 4) is 0 Å². The Morgan fingerprint density at radius 2 is 1.93 bits per heavy atom. The molecule has 1 aromatic rings. The minimum Gasteiger partial charge on any atom is -0.357 e. The van der Waals surface area contributed by atoms with E-state index < -0.39 is 0 Å². The van der Waals surface area contributed by atoms with Gasteiger partial charge >= 0.3 is 0 Å². The third kappa shape index (κ3) is 7.49. The fraction of sp³-hybridized carbons (Fsp3) is 0.650. The number of nitrogens with one attached hydrogen (secondary N) is 1. The second-order valence-corrected chi connectivity index (χ2v) is 8.32. The number of hydrogen-bond acceptors (Lipinski definition) is 3. The van der Waals surface area contributed by atoms with Gasteiger partial charge in [-0.15, -0.1) is 0 Å². The molecule has 2 rings (SSSR count). The molecule has 1 N–H and O–H groups in total. The van der Waals surface area contributed by atoms with Crippen LogP contribution in [0.5, 0.6) is 0 Å². The van der Waals surface area contributed by atoms with Gasteiger partial charge in [-0.1, -0.05) is 36.2 Å². The molecule has 0 spiro atoms. The van der Waals surface area contributed by atoms with Crippen LogP contribution in [0.15, 0.2) is 23.2 Å². The third-order valence-electron chi connectivity index (χ3n) is 4.82. The molecule has 0 amide bonds. The van der Waals surface area contributed by atoms with E-state index >= 15 is 0 Å². The highest BCUT2D eigenvalue weighted by molar-refractivity contribution is 6.42. The highest BCUT2D eigenvalue weighted by atomic mass is 35.5. The molecule has 27 heavy (non-hydrogen) atoms. The maximum atomic E-state index is 6.14. The Labute approximate surface area is 174 Å². The van der Waals surface area contributed by atoms with Crippen LogP contribution in [-0.2, 0) is 6.54 Å². The van der Waals surface area contributed by atoms with Crippen LogP contribution in [0, 0.1) is 5.92 Å². The summed E-state index contributed by atoms with van der Waals surface area (Å²) < 4.78 is 0. The molecule has 1 aliphatic heterocycles. The van der Waals surface area contributed by atoms with Crippen molar-refractivity contribution in [1.29, 1.82) is 0 Å². The van der Waals surface area contributed by atoms with Crippen molar-refractivity contribution in [3.05, 3.63) is 33.8 Å². The molecular weight excluding hydrogens is 381 g/mol. The molecular formula is C20H33Cl2N5. The van der Waals surface area contributed by atoms with Gasteiger partial charge in [0.05, 0.1) is 10.0 Å². The molecule has 0 radical (unpaired) electrons. The molecule has 0 saturated carbocycles. The standard InChI is InChI=1S/C20H33Cl2N5/c1-5-23-20(26(4)15-17-6-7-18(21)19(22)12-17)24-13-16(2)14-27-10-8-25(3)9-11-27/h6-7,12,16H,5,8-11,13-15H2,1-4H3,(H,23,24). The van der Waals surface area contributed by atoms with Crippen LogP contribution in [-0.4, -0.2) is 80.6 Å². The lowest BCUT2D eigenvalue weighted by Gasteiger charge is -2.33. The second kappa shape index (κ2) is 11.1. The first-order chi connectivity index (χ1) is 12.9. The van der Waals surface area contributed by atoms with Crippen LogP contribution < -0.4 is 5.32 Å². The zero-order valence-corrected chi connectivity index (χ0v) is 18.5. The zero-order chi connectivity index (χ0) is 19.8. The maximum Gasteiger partial charge on any atom is 0.193 e. The van der Waals surface area contributed by atoms with Crippen molar-refractivity contribution < 1.29 is 0 Å². The first-order valence-corrected chi connectivity index (χ1v) is 10.5. The molecule has 1 atom stereocenters. The fourth-order valence-electron chi connectivity index (χ4n) is 3.23. The second-order valence-electron chi connectivity index (χ2n) is 7.51. The number of aliphatic imine (C=N–C) groups is 1. The normalized spacial score (nSPS) is 17.8. The van der Waals surface area contributed by atoms with Crippen LogP contribution in [0.2, 0.25) is 10.0 Å². The Balaban J connectivity index is 1.90. The fourth-order valence-corrected chi connectivity index (χ4v) is 3.55. The number of guanidine groups is 1. The summed E-state index contributed by atoms with van der Waals surface area (Å²) in [5.74, 6) is 1.45. The van der Waals surface area contributed by atoms with E-state index in [0.717, 1.165) is 63.9 Å². The van der Waals surface area contributed by atoms with E-state index in [-0.39, 0.29) is 0 Å². The molecule has 1 saturated heterocycles. The van der Waals surface area contributed by atoms with Crippen molar-refractivity contribution in [1.82, 2.24) is 20.0 Å². The van der Waals surface area contributed by atoms with Gasteiger partial charge in [-0.2, -0.15) is 0 Å². The van der Waals surface area contributed by atoms with Gasteiger partial charge in [-0.3, -0.25) is 4.99 Å². The number of likely N-dealkylation sites (N-methyl/N-ethyl adjacent to an activating group) is 1. The average molecular weight is 414 g/mol. The molecule has 1 aliphatic rings. The van der Waals surface area contributed by atoms with Gasteiger partial charge in [-0.05, 0) is 37.6 Å². The summed E-state index contributed by atoms with van der Waals surface area (Å²) in [5.41, 5.74) is 1.11. The lowest BCUT2D eigenvalue weighted by molar-refractivity contribution is 0.140. The van der Waals surface area contributed by atoms with Crippen LogP contribution in [0.3, 0.4) is 0 Å². The van der Waals surface area contributed by atoms with Gasteiger partial charge in [0.2, 0.25) is 0 Å². The van der Waals surface area contributed by atoms with Crippen LogP contribution in [0.1, 0.15) is 19.4 Å². The molecule has 7 heteroatoms. The van der Waals surface area contributed by atoms with E-state index in [1.54, 1.807) is 0 Å². The molecule has 1 heterocycles. The smallest absolute Gasteiger partial charge is 0.193 e. The van der Waals surface area contributed by atoms with Gasteiger partial charge < -0.3 is 20.0 Å². The summed E-state index contributed by atoms with van der Waals surface area (Å²) in [7, 11) is 4.24. The Hall–Kier alpha value is -1.01. The first-order valence-electron chi connectivity index (χ1n) is 9.73. The van der Waals surface area contributed by atoms with Gasteiger partial charge in [0.15, 0.2) is 5.96 Å².